The molecule has 2 aromatic rings. The van der Waals surface area contributed by atoms with Gasteiger partial charge in [-0.15, -0.1) is 0 Å². The van der Waals surface area contributed by atoms with Gasteiger partial charge in [-0.05, 0) is 36.9 Å². The molecule has 1 aromatic heterocycles. The van der Waals surface area contributed by atoms with Gasteiger partial charge in [0, 0.05) is 12.1 Å². The molecular formula is C16H17NO2. The van der Waals surface area contributed by atoms with Gasteiger partial charge in [-0.1, -0.05) is 24.0 Å². The summed E-state index contributed by atoms with van der Waals surface area (Å²) in [4.78, 5) is 2.18. The van der Waals surface area contributed by atoms with E-state index in [1.165, 1.54) is 5.56 Å². The van der Waals surface area contributed by atoms with Gasteiger partial charge in [0.25, 0.3) is 0 Å². The molecule has 0 saturated carbocycles. The van der Waals surface area contributed by atoms with Crippen molar-refractivity contribution in [1.29, 1.82) is 0 Å². The van der Waals surface area contributed by atoms with Crippen molar-refractivity contribution in [3.05, 3.63) is 59.5 Å². The predicted molar refractivity (Wildman–Crippen MR) is 74.3 cm³/mol. The van der Waals surface area contributed by atoms with Crippen molar-refractivity contribution >= 4 is 0 Å². The highest BCUT2D eigenvalue weighted by atomic mass is 16.3. The smallest absolute Gasteiger partial charge is 0.117 e. The van der Waals surface area contributed by atoms with Crippen LogP contribution in [0.25, 0.3) is 0 Å². The van der Waals surface area contributed by atoms with Gasteiger partial charge in [0.05, 0.1) is 12.8 Å². The average molecular weight is 255 g/mol. The average Bonchev–Trinajstić information content (AvgIpc) is 2.89. The molecule has 1 N–H and O–H groups in total. The molecular weight excluding hydrogens is 238 g/mol. The van der Waals surface area contributed by atoms with Crippen LogP contribution in [0, 0.1) is 11.8 Å². The van der Waals surface area contributed by atoms with E-state index in [9.17, 15) is 0 Å². The van der Waals surface area contributed by atoms with Gasteiger partial charge < -0.3 is 9.52 Å². The third-order valence-electron chi connectivity index (χ3n) is 2.70. The molecule has 0 atom stereocenters. The Morgan fingerprint density at radius 2 is 2.11 bits per heavy atom. The Bertz CT molecular complexity index is 564. The first-order valence-electron chi connectivity index (χ1n) is 6.17. The first-order valence-corrected chi connectivity index (χ1v) is 6.17. The van der Waals surface area contributed by atoms with Crippen LogP contribution in [0.4, 0.5) is 0 Å². The summed E-state index contributed by atoms with van der Waals surface area (Å²) in [6.07, 6.45) is 1.69. The standard InChI is InChI=1S/C16H17NO2/c1-17(13-16-8-4-10-19-16)12-15-6-2-5-14(11-15)7-3-9-18/h2,4-6,8,10-11,18H,9,12-13H2,1H3. The fourth-order valence-electron chi connectivity index (χ4n) is 1.93. The van der Waals surface area contributed by atoms with E-state index in [0.717, 1.165) is 24.4 Å². The number of furan rings is 1. The van der Waals surface area contributed by atoms with Gasteiger partial charge in [0.2, 0.25) is 0 Å². The minimum Gasteiger partial charge on any atom is -0.468 e. The minimum atomic E-state index is -0.109. The molecule has 3 nitrogen and oxygen atoms in total. The highest BCUT2D eigenvalue weighted by Crippen LogP contribution is 2.10. The number of hydrogen-bond acceptors (Lipinski definition) is 3. The summed E-state index contributed by atoms with van der Waals surface area (Å²) in [7, 11) is 2.05. The van der Waals surface area contributed by atoms with Gasteiger partial charge in [-0.25, -0.2) is 0 Å². The second kappa shape index (κ2) is 6.79. The van der Waals surface area contributed by atoms with Crippen LogP contribution in [-0.4, -0.2) is 23.7 Å². The van der Waals surface area contributed by atoms with Crippen LogP contribution >= 0.6 is 0 Å². The third-order valence-corrected chi connectivity index (χ3v) is 2.70. The summed E-state index contributed by atoms with van der Waals surface area (Å²) in [5, 5.41) is 8.69. The lowest BCUT2D eigenvalue weighted by molar-refractivity contribution is 0.288. The number of aliphatic hydroxyl groups excluding tert-OH is 1. The van der Waals surface area contributed by atoms with Crippen LogP contribution in [0.1, 0.15) is 16.9 Å². The summed E-state index contributed by atoms with van der Waals surface area (Å²) in [6.45, 7) is 1.50. The number of benzene rings is 1. The molecule has 1 aromatic carbocycles. The zero-order chi connectivity index (χ0) is 13.5. The van der Waals surface area contributed by atoms with Crippen LogP contribution in [-0.2, 0) is 13.1 Å². The van der Waals surface area contributed by atoms with E-state index >= 15 is 0 Å². The van der Waals surface area contributed by atoms with E-state index in [4.69, 9.17) is 9.52 Å². The first-order chi connectivity index (χ1) is 9.28. The maximum absolute atomic E-state index is 8.69. The third kappa shape index (κ3) is 4.29. The van der Waals surface area contributed by atoms with Crippen LogP contribution in [0.3, 0.4) is 0 Å². The first kappa shape index (κ1) is 13.4. The van der Waals surface area contributed by atoms with Gasteiger partial charge in [-0.2, -0.15) is 0 Å². The Kier molecular flexibility index (Phi) is 4.79. The molecule has 0 aliphatic carbocycles. The van der Waals surface area contributed by atoms with Crippen molar-refractivity contribution in [2.45, 2.75) is 13.1 Å². The van der Waals surface area contributed by atoms with Crippen LogP contribution in [0.15, 0.2) is 47.1 Å². The maximum Gasteiger partial charge on any atom is 0.117 e. The summed E-state index contributed by atoms with van der Waals surface area (Å²) in [5.74, 6) is 6.53. The van der Waals surface area contributed by atoms with Crippen LogP contribution in [0.2, 0.25) is 0 Å². The second-order valence-electron chi connectivity index (χ2n) is 4.41. The zero-order valence-corrected chi connectivity index (χ0v) is 11.0. The molecule has 0 aliphatic heterocycles. The van der Waals surface area contributed by atoms with Crippen molar-refractivity contribution in [3.8, 4) is 11.8 Å². The largest absolute Gasteiger partial charge is 0.468 e. The van der Waals surface area contributed by atoms with E-state index in [-0.39, 0.29) is 6.61 Å². The fourth-order valence-corrected chi connectivity index (χ4v) is 1.93. The highest BCUT2D eigenvalue weighted by Gasteiger charge is 2.03. The van der Waals surface area contributed by atoms with Crippen LogP contribution in [0.5, 0.6) is 0 Å². The molecule has 0 aliphatic rings. The van der Waals surface area contributed by atoms with E-state index < -0.39 is 0 Å². The molecule has 98 valence electrons. The van der Waals surface area contributed by atoms with Crippen molar-refractivity contribution < 1.29 is 9.52 Å². The molecule has 0 bridgehead atoms. The summed E-state index contributed by atoms with van der Waals surface area (Å²) < 4.78 is 5.33. The number of aliphatic hydroxyl groups is 1. The van der Waals surface area contributed by atoms with Crippen molar-refractivity contribution in [1.82, 2.24) is 4.90 Å². The van der Waals surface area contributed by atoms with Gasteiger partial charge in [0.1, 0.15) is 12.4 Å². The van der Waals surface area contributed by atoms with Crippen LogP contribution < -0.4 is 0 Å². The number of hydrogen-bond donors (Lipinski definition) is 1. The van der Waals surface area contributed by atoms with Crippen molar-refractivity contribution in [2.24, 2.45) is 0 Å². The minimum absolute atomic E-state index is 0.109. The van der Waals surface area contributed by atoms with Gasteiger partial charge >= 0.3 is 0 Å². The van der Waals surface area contributed by atoms with Crippen molar-refractivity contribution in [3.63, 3.8) is 0 Å². The van der Waals surface area contributed by atoms with E-state index in [1.54, 1.807) is 6.26 Å². The topological polar surface area (TPSA) is 36.6 Å². The monoisotopic (exact) mass is 255 g/mol. The van der Waals surface area contributed by atoms with Gasteiger partial charge in [0.15, 0.2) is 0 Å². The Hall–Kier alpha value is -2.02. The molecule has 0 radical (unpaired) electrons. The summed E-state index contributed by atoms with van der Waals surface area (Å²) >= 11 is 0. The second-order valence-corrected chi connectivity index (χ2v) is 4.41. The summed E-state index contributed by atoms with van der Waals surface area (Å²) in [5.41, 5.74) is 2.12. The Morgan fingerprint density at radius 1 is 1.21 bits per heavy atom. The number of rotatable bonds is 4. The molecule has 19 heavy (non-hydrogen) atoms. The molecule has 0 spiro atoms. The van der Waals surface area contributed by atoms with E-state index in [1.807, 2.05) is 30.3 Å². The van der Waals surface area contributed by atoms with E-state index in [0.29, 0.717) is 0 Å². The molecule has 3 heteroatoms. The Balaban J connectivity index is 1.98. The SMILES string of the molecule is CN(Cc1cccc(C#CCO)c1)Cc1ccco1. The lowest BCUT2D eigenvalue weighted by Gasteiger charge is -2.15. The molecule has 0 saturated heterocycles. The highest BCUT2D eigenvalue weighted by molar-refractivity contribution is 5.37. The van der Waals surface area contributed by atoms with E-state index in [2.05, 4.69) is 29.9 Å². The lowest BCUT2D eigenvalue weighted by atomic mass is 10.1. The zero-order valence-electron chi connectivity index (χ0n) is 11.0. The quantitative estimate of drug-likeness (QED) is 0.851. The Morgan fingerprint density at radius 3 is 2.84 bits per heavy atom. The normalized spacial score (nSPS) is 10.3. The lowest BCUT2D eigenvalue weighted by Crippen LogP contribution is -2.16. The molecule has 0 amide bonds. The molecule has 1 heterocycles. The maximum atomic E-state index is 8.69. The number of nitrogens with zero attached hydrogens (tertiary/aromatic N) is 1. The molecule has 2 rings (SSSR count). The van der Waals surface area contributed by atoms with Gasteiger partial charge in [-0.3, -0.25) is 4.90 Å². The predicted octanol–water partition coefficient (Wildman–Crippen LogP) is 2.26. The van der Waals surface area contributed by atoms with Crippen molar-refractivity contribution in [2.75, 3.05) is 13.7 Å². The molecule has 0 fully saturated rings. The Labute approximate surface area is 113 Å². The fraction of sp³-hybridized carbons (Fsp3) is 0.250. The summed E-state index contributed by atoms with van der Waals surface area (Å²) in [6, 6.07) is 11.9. The molecule has 0 unspecified atom stereocenters.